The highest BCUT2D eigenvalue weighted by Gasteiger charge is 2.20. The number of thiazole rings is 1. The molecule has 0 spiro atoms. The van der Waals surface area contributed by atoms with Crippen LogP contribution < -0.4 is 4.74 Å². The van der Waals surface area contributed by atoms with Gasteiger partial charge in [0.15, 0.2) is 5.75 Å². The van der Waals surface area contributed by atoms with Crippen molar-refractivity contribution in [2.24, 2.45) is 0 Å². The Kier molecular flexibility index (Phi) is 4.18. The molecule has 0 fully saturated rings. The zero-order valence-electron chi connectivity index (χ0n) is 11.3. The minimum atomic E-state index is -1.06. The van der Waals surface area contributed by atoms with Gasteiger partial charge in [0.05, 0.1) is 17.2 Å². The molecule has 7 nitrogen and oxygen atoms in total. The van der Waals surface area contributed by atoms with E-state index in [0.29, 0.717) is 22.9 Å². The number of carboxylic acid groups (broad SMARTS) is 1. The second kappa shape index (κ2) is 5.88. The molecule has 0 unspecified atom stereocenters. The molecule has 1 aromatic carbocycles. The highest BCUT2D eigenvalue weighted by molar-refractivity contribution is 7.17. The van der Waals surface area contributed by atoms with Crippen molar-refractivity contribution in [2.75, 3.05) is 6.61 Å². The molecular weight excluding hydrogens is 296 g/mol. The van der Waals surface area contributed by atoms with Crippen molar-refractivity contribution in [1.29, 1.82) is 0 Å². The van der Waals surface area contributed by atoms with Gasteiger partial charge in [0.2, 0.25) is 0 Å². The van der Waals surface area contributed by atoms with Crippen LogP contribution in [-0.2, 0) is 0 Å². The number of carbonyl (C=O) groups is 1. The topological polar surface area (TPSA) is 103 Å². The van der Waals surface area contributed by atoms with Crippen LogP contribution in [0.1, 0.15) is 22.3 Å². The third kappa shape index (κ3) is 3.00. The number of aromatic nitrogens is 1. The molecule has 2 aromatic rings. The second-order valence-electron chi connectivity index (χ2n) is 4.11. The molecule has 0 bridgehead atoms. The Morgan fingerprint density at radius 1 is 1.52 bits per heavy atom. The van der Waals surface area contributed by atoms with Crippen LogP contribution >= 0.6 is 11.3 Å². The summed E-state index contributed by atoms with van der Waals surface area (Å²) in [5.74, 6) is -0.880. The molecule has 0 radical (unpaired) electrons. The molecule has 1 N–H and O–H groups in total. The maximum absolute atomic E-state index is 11.1. The summed E-state index contributed by atoms with van der Waals surface area (Å²) >= 11 is 0.986. The van der Waals surface area contributed by atoms with E-state index in [-0.39, 0.29) is 16.3 Å². The number of nitro benzene ring substituents is 1. The minimum Gasteiger partial charge on any atom is -0.487 e. The van der Waals surface area contributed by atoms with Gasteiger partial charge in [-0.05, 0) is 26.0 Å². The standard InChI is InChI=1S/C13H12N2O5S/c1-3-20-10-5-4-8(6-9(10)15(18)19)12-14-7(2)11(21-12)13(16)17/h4-6H,3H2,1-2H3,(H,16,17). The first-order valence-corrected chi connectivity index (χ1v) is 6.88. The molecule has 0 saturated heterocycles. The summed E-state index contributed by atoms with van der Waals surface area (Å²) in [5.41, 5.74) is 0.712. The largest absolute Gasteiger partial charge is 0.487 e. The molecule has 0 atom stereocenters. The molecule has 8 heteroatoms. The van der Waals surface area contributed by atoms with E-state index in [2.05, 4.69) is 4.98 Å². The molecule has 0 aliphatic rings. The first-order chi connectivity index (χ1) is 9.93. The first kappa shape index (κ1) is 14.9. The van der Waals surface area contributed by atoms with E-state index in [1.165, 1.54) is 12.1 Å². The summed E-state index contributed by atoms with van der Waals surface area (Å²) in [4.78, 5) is 25.8. The van der Waals surface area contributed by atoms with Gasteiger partial charge in [0.1, 0.15) is 9.88 Å². The van der Waals surface area contributed by atoms with Gasteiger partial charge in [-0.15, -0.1) is 11.3 Å². The predicted molar refractivity (Wildman–Crippen MR) is 77.1 cm³/mol. The average molecular weight is 308 g/mol. The van der Waals surface area contributed by atoms with Gasteiger partial charge in [-0.25, -0.2) is 9.78 Å². The van der Waals surface area contributed by atoms with Crippen molar-refractivity contribution in [3.05, 3.63) is 38.9 Å². The van der Waals surface area contributed by atoms with Crippen LogP contribution in [0.25, 0.3) is 10.6 Å². The molecule has 21 heavy (non-hydrogen) atoms. The van der Waals surface area contributed by atoms with Crippen LogP contribution in [0.3, 0.4) is 0 Å². The second-order valence-corrected chi connectivity index (χ2v) is 5.11. The SMILES string of the molecule is CCOc1ccc(-c2nc(C)c(C(=O)O)s2)cc1[N+](=O)[O-]. The van der Waals surface area contributed by atoms with Crippen molar-refractivity contribution in [1.82, 2.24) is 4.98 Å². The zero-order chi connectivity index (χ0) is 15.6. The zero-order valence-corrected chi connectivity index (χ0v) is 12.1. The van der Waals surface area contributed by atoms with Gasteiger partial charge in [-0.3, -0.25) is 10.1 Å². The van der Waals surface area contributed by atoms with Gasteiger partial charge in [0.25, 0.3) is 0 Å². The van der Waals surface area contributed by atoms with Gasteiger partial charge in [-0.2, -0.15) is 0 Å². The molecule has 0 aliphatic carbocycles. The van der Waals surface area contributed by atoms with E-state index < -0.39 is 10.9 Å². The van der Waals surface area contributed by atoms with Crippen LogP contribution in [0, 0.1) is 17.0 Å². The van der Waals surface area contributed by atoms with Gasteiger partial charge in [0, 0.05) is 11.6 Å². The number of ether oxygens (including phenoxy) is 1. The lowest BCUT2D eigenvalue weighted by Gasteiger charge is -2.05. The molecule has 0 aliphatic heterocycles. The predicted octanol–water partition coefficient (Wildman–Crippen LogP) is 3.12. The number of nitrogens with zero attached hydrogens (tertiary/aromatic N) is 2. The van der Waals surface area contributed by atoms with Crippen LogP contribution in [0.5, 0.6) is 5.75 Å². The van der Waals surface area contributed by atoms with E-state index in [4.69, 9.17) is 9.84 Å². The summed E-state index contributed by atoms with van der Waals surface area (Å²) in [5, 5.41) is 20.5. The van der Waals surface area contributed by atoms with E-state index in [1.54, 1.807) is 19.9 Å². The van der Waals surface area contributed by atoms with E-state index in [1.807, 2.05) is 0 Å². The first-order valence-electron chi connectivity index (χ1n) is 6.06. The maximum atomic E-state index is 11.1. The van der Waals surface area contributed by atoms with Crippen molar-refractivity contribution >= 4 is 23.0 Å². The summed E-state index contributed by atoms with van der Waals surface area (Å²) in [7, 11) is 0. The van der Waals surface area contributed by atoms with E-state index in [0.717, 1.165) is 11.3 Å². The Hall–Kier alpha value is -2.48. The Morgan fingerprint density at radius 2 is 2.24 bits per heavy atom. The number of rotatable bonds is 5. The van der Waals surface area contributed by atoms with Crippen LogP contribution in [0.15, 0.2) is 18.2 Å². The monoisotopic (exact) mass is 308 g/mol. The smallest absolute Gasteiger partial charge is 0.347 e. The van der Waals surface area contributed by atoms with E-state index >= 15 is 0 Å². The molecule has 110 valence electrons. The van der Waals surface area contributed by atoms with Crippen LogP contribution in [0.4, 0.5) is 5.69 Å². The fraction of sp³-hybridized carbons (Fsp3) is 0.231. The van der Waals surface area contributed by atoms with Gasteiger partial charge in [-0.1, -0.05) is 0 Å². The summed E-state index contributed by atoms with van der Waals surface area (Å²) in [6.45, 7) is 3.65. The van der Waals surface area contributed by atoms with Crippen molar-refractivity contribution in [3.8, 4) is 16.3 Å². The average Bonchev–Trinajstić information content (AvgIpc) is 2.81. The number of aromatic carboxylic acids is 1. The van der Waals surface area contributed by atoms with Gasteiger partial charge < -0.3 is 9.84 Å². The number of hydrogen-bond donors (Lipinski definition) is 1. The highest BCUT2D eigenvalue weighted by atomic mass is 32.1. The molecule has 1 aromatic heterocycles. The maximum Gasteiger partial charge on any atom is 0.347 e. The Morgan fingerprint density at radius 3 is 2.76 bits per heavy atom. The fourth-order valence-corrected chi connectivity index (χ4v) is 2.69. The Labute approximate surface area is 124 Å². The van der Waals surface area contributed by atoms with Crippen LogP contribution in [0.2, 0.25) is 0 Å². The number of carboxylic acids is 1. The van der Waals surface area contributed by atoms with Crippen molar-refractivity contribution in [2.45, 2.75) is 13.8 Å². The quantitative estimate of drug-likeness (QED) is 0.672. The summed E-state index contributed by atoms with van der Waals surface area (Å²) in [6, 6.07) is 4.46. The van der Waals surface area contributed by atoms with Crippen molar-refractivity contribution < 1.29 is 19.6 Å². The lowest BCUT2D eigenvalue weighted by molar-refractivity contribution is -0.385. The third-order valence-corrected chi connectivity index (χ3v) is 3.89. The molecule has 0 amide bonds. The molecule has 0 saturated carbocycles. The fourth-order valence-electron chi connectivity index (χ4n) is 1.79. The van der Waals surface area contributed by atoms with Crippen molar-refractivity contribution in [3.63, 3.8) is 0 Å². The minimum absolute atomic E-state index is 0.126. The van der Waals surface area contributed by atoms with Crippen LogP contribution in [-0.4, -0.2) is 27.6 Å². The lowest BCUT2D eigenvalue weighted by atomic mass is 10.2. The summed E-state index contributed by atoms with van der Waals surface area (Å²) < 4.78 is 5.20. The Bertz CT molecular complexity index is 711. The Balaban J connectivity index is 2.50. The van der Waals surface area contributed by atoms with Gasteiger partial charge >= 0.3 is 11.7 Å². The lowest BCUT2D eigenvalue weighted by Crippen LogP contribution is -1.97. The third-order valence-electron chi connectivity index (χ3n) is 2.69. The number of nitro groups is 1. The molecular formula is C13H12N2O5S. The molecule has 2 rings (SSSR count). The number of benzene rings is 1. The molecule has 1 heterocycles. The number of hydrogen-bond acceptors (Lipinski definition) is 6. The normalized spacial score (nSPS) is 10.4. The highest BCUT2D eigenvalue weighted by Crippen LogP contribution is 2.35. The number of aryl methyl sites for hydroxylation is 1. The summed E-state index contributed by atoms with van der Waals surface area (Å²) in [6.07, 6.45) is 0. The van der Waals surface area contributed by atoms with E-state index in [9.17, 15) is 14.9 Å².